The van der Waals surface area contributed by atoms with Crippen molar-refractivity contribution in [2.75, 3.05) is 26.7 Å². The topological polar surface area (TPSA) is 66.6 Å². The van der Waals surface area contributed by atoms with E-state index in [9.17, 15) is 4.79 Å². The SMILES string of the molecule is CC(C)CC(CN)CC(=O)N(C)CCCCCO. The maximum absolute atomic E-state index is 12.0. The van der Waals surface area contributed by atoms with Crippen LogP contribution in [0.2, 0.25) is 0 Å². The van der Waals surface area contributed by atoms with Crippen LogP contribution in [0.4, 0.5) is 0 Å². The summed E-state index contributed by atoms with van der Waals surface area (Å²) in [6, 6.07) is 0. The van der Waals surface area contributed by atoms with Crippen molar-refractivity contribution >= 4 is 5.91 Å². The minimum Gasteiger partial charge on any atom is -0.396 e. The second kappa shape index (κ2) is 10.3. The summed E-state index contributed by atoms with van der Waals surface area (Å²) in [6.07, 6.45) is 4.33. The Labute approximate surface area is 112 Å². The molecular formula is C14H30N2O2. The van der Waals surface area contributed by atoms with E-state index in [2.05, 4.69) is 13.8 Å². The van der Waals surface area contributed by atoms with Gasteiger partial charge < -0.3 is 15.7 Å². The fraction of sp³-hybridized carbons (Fsp3) is 0.929. The number of unbranched alkanes of at least 4 members (excludes halogenated alkanes) is 2. The first-order chi connectivity index (χ1) is 8.51. The average Bonchev–Trinajstić information content (AvgIpc) is 2.32. The van der Waals surface area contributed by atoms with Crippen LogP contribution in [-0.2, 0) is 4.79 Å². The van der Waals surface area contributed by atoms with Crippen LogP contribution in [0.25, 0.3) is 0 Å². The van der Waals surface area contributed by atoms with Crippen molar-refractivity contribution in [2.24, 2.45) is 17.6 Å². The van der Waals surface area contributed by atoms with Crippen molar-refractivity contribution < 1.29 is 9.90 Å². The van der Waals surface area contributed by atoms with Crippen LogP contribution in [0.15, 0.2) is 0 Å². The van der Waals surface area contributed by atoms with Crippen LogP contribution in [0.3, 0.4) is 0 Å². The lowest BCUT2D eigenvalue weighted by atomic mass is 9.94. The van der Waals surface area contributed by atoms with E-state index in [1.807, 2.05) is 7.05 Å². The van der Waals surface area contributed by atoms with Crippen LogP contribution in [0, 0.1) is 11.8 Å². The first-order valence-electron chi connectivity index (χ1n) is 7.06. The number of nitrogens with two attached hydrogens (primary N) is 1. The van der Waals surface area contributed by atoms with E-state index in [0.717, 1.165) is 32.2 Å². The van der Waals surface area contributed by atoms with Crippen LogP contribution in [0.1, 0.15) is 46.0 Å². The second-order valence-electron chi connectivity index (χ2n) is 5.53. The molecule has 4 heteroatoms. The Morgan fingerprint density at radius 3 is 2.44 bits per heavy atom. The fourth-order valence-electron chi connectivity index (χ4n) is 2.09. The maximum atomic E-state index is 12.0. The lowest BCUT2D eigenvalue weighted by molar-refractivity contribution is -0.131. The third-order valence-electron chi connectivity index (χ3n) is 3.18. The van der Waals surface area contributed by atoms with Gasteiger partial charge in [-0.3, -0.25) is 4.79 Å². The molecule has 0 aliphatic rings. The molecule has 0 spiro atoms. The Hall–Kier alpha value is -0.610. The van der Waals surface area contributed by atoms with Gasteiger partial charge in [-0.05, 0) is 44.1 Å². The molecule has 1 atom stereocenters. The molecule has 0 aromatic rings. The number of hydrogen-bond donors (Lipinski definition) is 2. The van der Waals surface area contributed by atoms with Gasteiger partial charge in [-0.25, -0.2) is 0 Å². The third-order valence-corrected chi connectivity index (χ3v) is 3.18. The highest BCUT2D eigenvalue weighted by molar-refractivity contribution is 5.76. The molecule has 0 bridgehead atoms. The molecule has 0 radical (unpaired) electrons. The molecule has 0 aromatic carbocycles. The van der Waals surface area contributed by atoms with E-state index in [0.29, 0.717) is 24.8 Å². The second-order valence-corrected chi connectivity index (χ2v) is 5.53. The van der Waals surface area contributed by atoms with Gasteiger partial charge >= 0.3 is 0 Å². The van der Waals surface area contributed by atoms with E-state index in [1.54, 1.807) is 4.90 Å². The number of aliphatic hydroxyl groups is 1. The Morgan fingerprint density at radius 2 is 1.94 bits per heavy atom. The molecule has 0 rings (SSSR count). The monoisotopic (exact) mass is 258 g/mol. The van der Waals surface area contributed by atoms with E-state index in [-0.39, 0.29) is 12.5 Å². The van der Waals surface area contributed by atoms with Crippen LogP contribution in [-0.4, -0.2) is 42.7 Å². The molecule has 0 aliphatic heterocycles. The standard InChI is InChI=1S/C14H30N2O2/c1-12(2)9-13(11-15)10-14(18)16(3)7-5-4-6-8-17/h12-13,17H,4-11,15H2,1-3H3. The Morgan fingerprint density at radius 1 is 1.28 bits per heavy atom. The zero-order chi connectivity index (χ0) is 14.0. The zero-order valence-electron chi connectivity index (χ0n) is 12.2. The van der Waals surface area contributed by atoms with Gasteiger partial charge in [0.2, 0.25) is 5.91 Å². The van der Waals surface area contributed by atoms with Crippen molar-refractivity contribution in [1.29, 1.82) is 0 Å². The number of aliphatic hydroxyl groups excluding tert-OH is 1. The van der Waals surface area contributed by atoms with Crippen molar-refractivity contribution in [3.05, 3.63) is 0 Å². The van der Waals surface area contributed by atoms with Crippen LogP contribution in [0.5, 0.6) is 0 Å². The minimum atomic E-state index is 0.190. The van der Waals surface area contributed by atoms with Gasteiger partial charge in [0.1, 0.15) is 0 Å². The number of amides is 1. The van der Waals surface area contributed by atoms with E-state index < -0.39 is 0 Å². The molecule has 4 nitrogen and oxygen atoms in total. The summed E-state index contributed by atoms with van der Waals surface area (Å²) >= 11 is 0. The first kappa shape index (κ1) is 17.4. The molecule has 1 unspecified atom stereocenters. The summed E-state index contributed by atoms with van der Waals surface area (Å²) in [4.78, 5) is 13.8. The molecule has 0 aliphatic carbocycles. The first-order valence-corrected chi connectivity index (χ1v) is 7.06. The molecule has 3 N–H and O–H groups in total. The largest absolute Gasteiger partial charge is 0.396 e. The molecule has 108 valence electrons. The quantitative estimate of drug-likeness (QED) is 0.585. The Kier molecular flexibility index (Phi) is 9.98. The zero-order valence-corrected chi connectivity index (χ0v) is 12.2. The van der Waals surface area contributed by atoms with Gasteiger partial charge in [0.15, 0.2) is 0 Å². The molecule has 0 saturated heterocycles. The van der Waals surface area contributed by atoms with Crippen molar-refractivity contribution in [3.8, 4) is 0 Å². The average molecular weight is 258 g/mol. The highest BCUT2D eigenvalue weighted by Gasteiger charge is 2.16. The summed E-state index contributed by atoms with van der Waals surface area (Å²) in [5, 5.41) is 8.68. The van der Waals surface area contributed by atoms with Crippen molar-refractivity contribution in [2.45, 2.75) is 46.0 Å². The Balaban J connectivity index is 3.89. The van der Waals surface area contributed by atoms with Gasteiger partial charge in [0, 0.05) is 26.6 Å². The number of carbonyl (C=O) groups is 1. The van der Waals surface area contributed by atoms with Crippen LogP contribution < -0.4 is 5.73 Å². The number of nitrogens with zero attached hydrogens (tertiary/aromatic N) is 1. The summed E-state index contributed by atoms with van der Waals surface area (Å²) in [7, 11) is 1.85. The Bertz CT molecular complexity index is 220. The van der Waals surface area contributed by atoms with Gasteiger partial charge in [-0.15, -0.1) is 0 Å². The summed E-state index contributed by atoms with van der Waals surface area (Å²) in [5.74, 6) is 1.08. The highest BCUT2D eigenvalue weighted by Crippen LogP contribution is 2.15. The predicted octanol–water partition coefficient (Wildman–Crippen LogP) is 1.62. The normalized spacial score (nSPS) is 12.8. The lowest BCUT2D eigenvalue weighted by Crippen LogP contribution is -2.31. The number of rotatable bonds is 10. The van der Waals surface area contributed by atoms with Gasteiger partial charge in [-0.1, -0.05) is 13.8 Å². The number of hydrogen-bond acceptors (Lipinski definition) is 3. The summed E-state index contributed by atoms with van der Waals surface area (Å²) < 4.78 is 0. The third kappa shape index (κ3) is 8.48. The molecular weight excluding hydrogens is 228 g/mol. The molecule has 1 amide bonds. The van der Waals surface area contributed by atoms with Gasteiger partial charge in [-0.2, -0.15) is 0 Å². The minimum absolute atomic E-state index is 0.190. The van der Waals surface area contributed by atoms with Gasteiger partial charge in [0.05, 0.1) is 0 Å². The number of carbonyl (C=O) groups excluding carboxylic acids is 1. The van der Waals surface area contributed by atoms with E-state index >= 15 is 0 Å². The molecule has 0 heterocycles. The highest BCUT2D eigenvalue weighted by atomic mass is 16.2. The molecule has 18 heavy (non-hydrogen) atoms. The fourth-order valence-corrected chi connectivity index (χ4v) is 2.09. The van der Waals surface area contributed by atoms with E-state index in [1.165, 1.54) is 0 Å². The lowest BCUT2D eigenvalue weighted by Gasteiger charge is -2.21. The van der Waals surface area contributed by atoms with Crippen molar-refractivity contribution in [1.82, 2.24) is 4.90 Å². The predicted molar refractivity (Wildman–Crippen MR) is 75.2 cm³/mol. The molecule has 0 saturated carbocycles. The molecule has 0 aromatic heterocycles. The maximum Gasteiger partial charge on any atom is 0.222 e. The molecule has 0 fully saturated rings. The smallest absolute Gasteiger partial charge is 0.222 e. The summed E-state index contributed by atoms with van der Waals surface area (Å²) in [5.41, 5.74) is 5.71. The van der Waals surface area contributed by atoms with E-state index in [4.69, 9.17) is 10.8 Å². The van der Waals surface area contributed by atoms with Crippen molar-refractivity contribution in [3.63, 3.8) is 0 Å². The van der Waals surface area contributed by atoms with Crippen LogP contribution >= 0.6 is 0 Å². The van der Waals surface area contributed by atoms with Gasteiger partial charge in [0.25, 0.3) is 0 Å². The summed E-state index contributed by atoms with van der Waals surface area (Å²) in [6.45, 7) is 5.92.